The van der Waals surface area contributed by atoms with Crippen LogP contribution in [0.4, 0.5) is 0 Å². The number of hydrogen-bond acceptors (Lipinski definition) is 3. The van der Waals surface area contributed by atoms with Crippen LogP contribution in [-0.4, -0.2) is 18.2 Å². The molecule has 14 heavy (non-hydrogen) atoms. The Kier molecular flexibility index (Phi) is 4.74. The summed E-state index contributed by atoms with van der Waals surface area (Å²) in [5.74, 6) is 0. The van der Waals surface area contributed by atoms with Crippen LogP contribution in [0.3, 0.4) is 0 Å². The molecule has 76 valence electrons. The summed E-state index contributed by atoms with van der Waals surface area (Å²) < 4.78 is 15.0. The van der Waals surface area contributed by atoms with Crippen molar-refractivity contribution in [2.45, 2.75) is 19.4 Å². The summed E-state index contributed by atoms with van der Waals surface area (Å²) in [6.07, 6.45) is 0.882. The molecule has 0 aliphatic rings. The van der Waals surface area contributed by atoms with E-state index in [9.17, 15) is 4.57 Å². The smallest absolute Gasteiger partial charge is 0.239 e. The molecular formula is C10H14NO2P. The first-order valence-corrected chi connectivity index (χ1v) is 5.23. The highest BCUT2D eigenvalue weighted by molar-refractivity contribution is 7.17. The second kappa shape index (κ2) is 5.86. The van der Waals surface area contributed by atoms with Crippen LogP contribution in [0.5, 0.6) is 0 Å². The Hall–Kier alpha value is -0.760. The summed E-state index contributed by atoms with van der Waals surface area (Å²) in [6.45, 7) is 2.03. The number of hydroxylamine groups is 2. The minimum atomic E-state index is -0.304. The van der Waals surface area contributed by atoms with E-state index in [4.69, 9.17) is 4.62 Å². The van der Waals surface area contributed by atoms with Crippen LogP contribution in [0, 0.1) is 0 Å². The van der Waals surface area contributed by atoms with Gasteiger partial charge in [-0.2, -0.15) is 5.06 Å². The topological polar surface area (TPSA) is 29.5 Å². The summed E-state index contributed by atoms with van der Waals surface area (Å²) >= 11 is 0. The van der Waals surface area contributed by atoms with Crippen molar-refractivity contribution < 1.29 is 9.19 Å². The Bertz CT molecular complexity index is 279. The van der Waals surface area contributed by atoms with Crippen molar-refractivity contribution >= 4 is 8.69 Å². The van der Waals surface area contributed by atoms with Crippen LogP contribution in [-0.2, 0) is 15.6 Å². The number of hydrogen-bond donors (Lipinski definition) is 0. The van der Waals surface area contributed by atoms with E-state index in [1.165, 1.54) is 5.56 Å². The molecule has 4 heteroatoms. The molecule has 0 spiro atoms. The number of nitrogens with zero attached hydrogens (tertiary/aromatic N) is 1. The Balaban J connectivity index is 2.48. The molecule has 0 fully saturated rings. The molecular weight excluding hydrogens is 197 g/mol. The molecule has 0 radical (unpaired) electrons. The normalized spacial score (nSPS) is 13.4. The van der Waals surface area contributed by atoms with Crippen molar-refractivity contribution in [1.29, 1.82) is 0 Å². The fourth-order valence-corrected chi connectivity index (χ4v) is 1.48. The SMILES string of the molecule is C[C@@H](Cc1ccccc1)N(C)OP=O. The first-order chi connectivity index (χ1) is 6.74. The van der Waals surface area contributed by atoms with E-state index in [-0.39, 0.29) is 14.7 Å². The van der Waals surface area contributed by atoms with Crippen LogP contribution in [0.2, 0.25) is 0 Å². The molecule has 0 heterocycles. The van der Waals surface area contributed by atoms with Gasteiger partial charge in [0.05, 0.1) is 0 Å². The van der Waals surface area contributed by atoms with E-state index in [0.29, 0.717) is 0 Å². The molecule has 0 bridgehead atoms. The lowest BCUT2D eigenvalue weighted by Crippen LogP contribution is -2.28. The largest absolute Gasteiger partial charge is 0.346 e. The van der Waals surface area contributed by atoms with Gasteiger partial charge < -0.3 is 0 Å². The van der Waals surface area contributed by atoms with Gasteiger partial charge in [0.1, 0.15) is 0 Å². The lowest BCUT2D eigenvalue weighted by atomic mass is 10.1. The van der Waals surface area contributed by atoms with Crippen molar-refractivity contribution in [3.8, 4) is 0 Å². The minimum Gasteiger partial charge on any atom is -0.239 e. The van der Waals surface area contributed by atoms with Crippen LogP contribution in [0.15, 0.2) is 30.3 Å². The van der Waals surface area contributed by atoms with Crippen LogP contribution in [0.25, 0.3) is 0 Å². The second-order valence-electron chi connectivity index (χ2n) is 3.24. The average molecular weight is 211 g/mol. The lowest BCUT2D eigenvalue weighted by Gasteiger charge is -2.20. The fraction of sp³-hybridized carbons (Fsp3) is 0.400. The third-order valence-electron chi connectivity index (χ3n) is 2.16. The molecule has 0 aliphatic heterocycles. The Morgan fingerprint density at radius 2 is 2.07 bits per heavy atom. The molecule has 1 rings (SSSR count). The van der Waals surface area contributed by atoms with Crippen molar-refractivity contribution in [2.24, 2.45) is 0 Å². The molecule has 0 saturated heterocycles. The molecule has 1 atom stereocenters. The predicted molar refractivity (Wildman–Crippen MR) is 56.1 cm³/mol. The molecule has 0 aromatic heterocycles. The molecule has 3 nitrogen and oxygen atoms in total. The molecule has 0 aliphatic carbocycles. The van der Waals surface area contributed by atoms with Gasteiger partial charge in [-0.05, 0) is 18.9 Å². The van der Waals surface area contributed by atoms with Gasteiger partial charge in [-0.3, -0.25) is 0 Å². The van der Waals surface area contributed by atoms with E-state index >= 15 is 0 Å². The second-order valence-corrected chi connectivity index (χ2v) is 3.55. The average Bonchev–Trinajstić information content (AvgIpc) is 2.19. The van der Waals surface area contributed by atoms with E-state index in [1.54, 1.807) is 12.1 Å². The summed E-state index contributed by atoms with van der Waals surface area (Å²) in [4.78, 5) is 0. The molecule has 1 aromatic rings. The fourth-order valence-electron chi connectivity index (χ4n) is 1.22. The maximum atomic E-state index is 10.2. The van der Waals surface area contributed by atoms with Crippen LogP contribution in [0.1, 0.15) is 12.5 Å². The van der Waals surface area contributed by atoms with Crippen molar-refractivity contribution in [3.63, 3.8) is 0 Å². The predicted octanol–water partition coefficient (Wildman–Crippen LogP) is 2.69. The monoisotopic (exact) mass is 211 g/mol. The third-order valence-corrected chi connectivity index (χ3v) is 2.48. The van der Waals surface area contributed by atoms with E-state index in [0.717, 1.165) is 6.42 Å². The minimum absolute atomic E-state index is 0.207. The maximum Gasteiger partial charge on any atom is 0.346 e. The third kappa shape index (κ3) is 3.54. The molecule has 0 saturated carbocycles. The Morgan fingerprint density at radius 1 is 1.43 bits per heavy atom. The van der Waals surface area contributed by atoms with Gasteiger partial charge in [-0.1, -0.05) is 30.3 Å². The van der Waals surface area contributed by atoms with E-state index in [1.807, 2.05) is 25.1 Å². The Labute approximate surface area is 85.9 Å². The number of likely N-dealkylation sites (N-methyl/N-ethyl adjacent to an activating group) is 1. The quantitative estimate of drug-likeness (QED) is 0.554. The van der Waals surface area contributed by atoms with Gasteiger partial charge in [0.25, 0.3) is 0 Å². The Morgan fingerprint density at radius 3 is 2.64 bits per heavy atom. The summed E-state index contributed by atoms with van der Waals surface area (Å²) in [7, 11) is 1.47. The summed E-state index contributed by atoms with van der Waals surface area (Å²) in [5, 5.41) is 1.60. The van der Waals surface area contributed by atoms with Gasteiger partial charge in [-0.15, -0.1) is 0 Å². The zero-order valence-electron chi connectivity index (χ0n) is 8.38. The standard InChI is InChI=1S/C10H14NO2P/c1-9(11(2)13-14-12)8-10-6-4-3-5-7-10/h3-7,9H,8H2,1-2H3/t9-/m0/s1. The van der Waals surface area contributed by atoms with E-state index < -0.39 is 0 Å². The molecule has 1 aromatic carbocycles. The van der Waals surface area contributed by atoms with Crippen molar-refractivity contribution in [1.82, 2.24) is 5.06 Å². The first kappa shape index (κ1) is 11.3. The van der Waals surface area contributed by atoms with Crippen molar-refractivity contribution in [2.75, 3.05) is 7.05 Å². The highest BCUT2D eigenvalue weighted by atomic mass is 31.1. The highest BCUT2D eigenvalue weighted by Crippen LogP contribution is 2.10. The maximum absolute atomic E-state index is 10.2. The summed E-state index contributed by atoms with van der Waals surface area (Å²) in [6, 6.07) is 10.4. The molecule has 0 amide bonds. The molecule has 0 N–H and O–H groups in total. The lowest BCUT2D eigenvalue weighted by molar-refractivity contribution is -0.0522. The zero-order chi connectivity index (χ0) is 10.4. The number of benzene rings is 1. The van der Waals surface area contributed by atoms with Crippen LogP contribution < -0.4 is 0 Å². The first-order valence-electron chi connectivity index (χ1n) is 4.50. The van der Waals surface area contributed by atoms with Gasteiger partial charge in [0, 0.05) is 13.1 Å². The van der Waals surface area contributed by atoms with Gasteiger partial charge in [-0.25, -0.2) is 9.19 Å². The highest BCUT2D eigenvalue weighted by Gasteiger charge is 2.10. The van der Waals surface area contributed by atoms with E-state index in [2.05, 4.69) is 12.1 Å². The molecule has 0 unspecified atom stereocenters. The summed E-state index contributed by atoms with van der Waals surface area (Å²) in [5.41, 5.74) is 1.25. The van der Waals surface area contributed by atoms with Gasteiger partial charge >= 0.3 is 8.69 Å². The number of rotatable bonds is 5. The van der Waals surface area contributed by atoms with Crippen molar-refractivity contribution in [3.05, 3.63) is 35.9 Å². The van der Waals surface area contributed by atoms with Gasteiger partial charge in [0.15, 0.2) is 0 Å². The zero-order valence-corrected chi connectivity index (χ0v) is 9.28. The van der Waals surface area contributed by atoms with Gasteiger partial charge in [0.2, 0.25) is 0 Å². The van der Waals surface area contributed by atoms with Crippen LogP contribution >= 0.6 is 8.69 Å².